The standard InChI is InChI=1S/C21H25N3O5S/c1-3-17-7-4-5-14-23(17)30(28,29)18-12-10-16(11-13-18)22-21(25)19-8-6-9-20(15(19)2)24(26)27/h6,8-13,17H,3-5,7,14H2,1-2H3,(H,22,25). The quantitative estimate of drug-likeness (QED) is 0.547. The SMILES string of the molecule is CCC1CCCCN1S(=O)(=O)c1ccc(NC(=O)c2cccc([N+](=O)[O-])c2C)cc1. The number of hydrogen-bond acceptors (Lipinski definition) is 5. The second kappa shape index (κ2) is 8.93. The molecule has 1 unspecified atom stereocenters. The largest absolute Gasteiger partial charge is 0.322 e. The zero-order valence-electron chi connectivity index (χ0n) is 17.0. The Morgan fingerprint density at radius 1 is 1.20 bits per heavy atom. The van der Waals surface area contributed by atoms with Crippen LogP contribution in [0.4, 0.5) is 11.4 Å². The summed E-state index contributed by atoms with van der Waals surface area (Å²) in [4.78, 5) is 23.3. The molecule has 0 saturated carbocycles. The molecule has 0 bridgehead atoms. The lowest BCUT2D eigenvalue weighted by molar-refractivity contribution is -0.385. The maximum Gasteiger partial charge on any atom is 0.273 e. The number of nitrogens with one attached hydrogen (secondary N) is 1. The summed E-state index contributed by atoms with van der Waals surface area (Å²) in [5.74, 6) is -0.492. The van der Waals surface area contributed by atoms with Gasteiger partial charge < -0.3 is 5.32 Å². The van der Waals surface area contributed by atoms with Gasteiger partial charge in [-0.3, -0.25) is 14.9 Å². The second-order valence-electron chi connectivity index (χ2n) is 7.36. The number of amides is 1. The van der Waals surface area contributed by atoms with Crippen LogP contribution in [0.15, 0.2) is 47.4 Å². The molecule has 1 heterocycles. The Morgan fingerprint density at radius 2 is 1.90 bits per heavy atom. The Morgan fingerprint density at radius 3 is 2.53 bits per heavy atom. The zero-order chi connectivity index (χ0) is 21.9. The molecule has 0 radical (unpaired) electrons. The van der Waals surface area contributed by atoms with Gasteiger partial charge >= 0.3 is 0 Å². The molecule has 160 valence electrons. The van der Waals surface area contributed by atoms with E-state index in [1.165, 1.54) is 49.4 Å². The highest BCUT2D eigenvalue weighted by Gasteiger charge is 2.32. The minimum Gasteiger partial charge on any atom is -0.322 e. The molecule has 1 saturated heterocycles. The van der Waals surface area contributed by atoms with Crippen molar-refractivity contribution in [3.8, 4) is 0 Å². The van der Waals surface area contributed by atoms with Gasteiger partial charge in [-0.05, 0) is 56.5 Å². The number of carbonyl (C=O) groups is 1. The van der Waals surface area contributed by atoms with Crippen LogP contribution in [0.25, 0.3) is 0 Å². The molecule has 0 spiro atoms. The molecule has 2 aromatic rings. The maximum absolute atomic E-state index is 13.0. The normalized spacial score (nSPS) is 17.5. The first kappa shape index (κ1) is 21.9. The lowest BCUT2D eigenvalue weighted by Crippen LogP contribution is -2.43. The third-order valence-corrected chi connectivity index (χ3v) is 7.48. The summed E-state index contributed by atoms with van der Waals surface area (Å²) in [5.41, 5.74) is 0.751. The summed E-state index contributed by atoms with van der Waals surface area (Å²) >= 11 is 0. The molecule has 0 aromatic heterocycles. The Hall–Kier alpha value is -2.78. The minimum atomic E-state index is -3.60. The third-order valence-electron chi connectivity index (χ3n) is 5.51. The van der Waals surface area contributed by atoms with Crippen LogP contribution in [0.3, 0.4) is 0 Å². The van der Waals surface area contributed by atoms with Gasteiger partial charge in [0.2, 0.25) is 10.0 Å². The summed E-state index contributed by atoms with van der Waals surface area (Å²) in [6, 6.07) is 10.3. The van der Waals surface area contributed by atoms with Crippen molar-refractivity contribution in [1.82, 2.24) is 4.31 Å². The van der Waals surface area contributed by atoms with Crippen LogP contribution >= 0.6 is 0 Å². The summed E-state index contributed by atoms with van der Waals surface area (Å²) in [6.07, 6.45) is 3.53. The predicted molar refractivity (Wildman–Crippen MR) is 114 cm³/mol. The number of benzene rings is 2. The van der Waals surface area contributed by atoms with Gasteiger partial charge in [0, 0.05) is 35.5 Å². The Balaban J connectivity index is 1.79. The van der Waals surface area contributed by atoms with Gasteiger partial charge in [-0.2, -0.15) is 4.31 Å². The highest BCUT2D eigenvalue weighted by Crippen LogP contribution is 2.28. The molecule has 1 aliphatic rings. The molecule has 1 amide bonds. The fourth-order valence-electron chi connectivity index (χ4n) is 3.81. The fraction of sp³-hybridized carbons (Fsp3) is 0.381. The maximum atomic E-state index is 13.0. The van der Waals surface area contributed by atoms with Gasteiger partial charge in [0.15, 0.2) is 0 Å². The van der Waals surface area contributed by atoms with Crippen molar-refractivity contribution < 1.29 is 18.1 Å². The molecule has 9 heteroatoms. The van der Waals surface area contributed by atoms with E-state index >= 15 is 0 Å². The minimum absolute atomic E-state index is 0.0139. The van der Waals surface area contributed by atoms with E-state index in [-0.39, 0.29) is 27.8 Å². The van der Waals surface area contributed by atoms with E-state index in [0.717, 1.165) is 25.7 Å². The van der Waals surface area contributed by atoms with E-state index in [0.29, 0.717) is 12.2 Å². The summed E-state index contributed by atoms with van der Waals surface area (Å²) in [7, 11) is -3.60. The number of hydrogen-bond donors (Lipinski definition) is 1. The molecule has 2 aromatic carbocycles. The molecule has 1 atom stereocenters. The van der Waals surface area contributed by atoms with Gasteiger partial charge in [-0.15, -0.1) is 0 Å². The highest BCUT2D eigenvalue weighted by molar-refractivity contribution is 7.89. The van der Waals surface area contributed by atoms with Crippen molar-refractivity contribution in [3.05, 3.63) is 63.7 Å². The van der Waals surface area contributed by atoms with Crippen molar-refractivity contribution in [1.29, 1.82) is 0 Å². The molecule has 1 fully saturated rings. The summed E-state index contributed by atoms with van der Waals surface area (Å²) in [5, 5.41) is 13.7. The first-order valence-corrected chi connectivity index (χ1v) is 11.4. The molecular formula is C21H25N3O5S. The number of nitro benzene ring substituents is 1. The Bertz CT molecular complexity index is 1050. The first-order valence-electron chi connectivity index (χ1n) is 9.93. The second-order valence-corrected chi connectivity index (χ2v) is 9.25. The molecule has 1 aliphatic heterocycles. The van der Waals surface area contributed by atoms with Crippen LogP contribution in [0.1, 0.15) is 48.5 Å². The molecule has 8 nitrogen and oxygen atoms in total. The predicted octanol–water partition coefficient (Wildman–Crippen LogP) is 4.11. The lowest BCUT2D eigenvalue weighted by atomic mass is 10.0. The first-order chi connectivity index (χ1) is 14.3. The topological polar surface area (TPSA) is 110 Å². The van der Waals surface area contributed by atoms with Crippen molar-refractivity contribution in [2.45, 2.75) is 50.5 Å². The molecular weight excluding hydrogens is 406 g/mol. The van der Waals surface area contributed by atoms with E-state index in [4.69, 9.17) is 0 Å². The van der Waals surface area contributed by atoms with Crippen LogP contribution in [-0.2, 0) is 10.0 Å². The number of nitrogens with zero attached hydrogens (tertiary/aromatic N) is 2. The Labute approximate surface area is 176 Å². The van der Waals surface area contributed by atoms with Gasteiger partial charge in [0.05, 0.1) is 9.82 Å². The van der Waals surface area contributed by atoms with Crippen molar-refractivity contribution in [2.24, 2.45) is 0 Å². The van der Waals surface area contributed by atoms with Gasteiger partial charge in [-0.25, -0.2) is 8.42 Å². The van der Waals surface area contributed by atoms with Crippen LogP contribution in [0, 0.1) is 17.0 Å². The van der Waals surface area contributed by atoms with E-state index in [1.807, 2.05) is 6.92 Å². The fourth-order valence-corrected chi connectivity index (χ4v) is 5.58. The average Bonchev–Trinajstić information content (AvgIpc) is 2.74. The molecule has 0 aliphatic carbocycles. The number of anilines is 1. The van der Waals surface area contributed by atoms with E-state index in [9.17, 15) is 23.3 Å². The van der Waals surface area contributed by atoms with E-state index < -0.39 is 20.9 Å². The molecule has 1 N–H and O–H groups in total. The Kier molecular flexibility index (Phi) is 6.52. The number of sulfonamides is 1. The third kappa shape index (κ3) is 4.36. The van der Waals surface area contributed by atoms with Crippen LogP contribution in [-0.4, -0.2) is 36.1 Å². The zero-order valence-corrected chi connectivity index (χ0v) is 17.8. The van der Waals surface area contributed by atoms with E-state index in [1.54, 1.807) is 4.31 Å². The molecule has 30 heavy (non-hydrogen) atoms. The van der Waals surface area contributed by atoms with Crippen molar-refractivity contribution >= 4 is 27.3 Å². The summed E-state index contributed by atoms with van der Waals surface area (Å²) in [6.45, 7) is 4.03. The average molecular weight is 432 g/mol. The lowest BCUT2D eigenvalue weighted by Gasteiger charge is -2.34. The van der Waals surface area contributed by atoms with Crippen molar-refractivity contribution in [3.63, 3.8) is 0 Å². The van der Waals surface area contributed by atoms with E-state index in [2.05, 4.69) is 5.32 Å². The van der Waals surface area contributed by atoms with Gasteiger partial charge in [-0.1, -0.05) is 19.4 Å². The van der Waals surface area contributed by atoms with Gasteiger partial charge in [0.25, 0.3) is 11.6 Å². The number of carbonyl (C=O) groups excluding carboxylic acids is 1. The van der Waals surface area contributed by atoms with Crippen LogP contribution < -0.4 is 5.32 Å². The summed E-state index contributed by atoms with van der Waals surface area (Å²) < 4.78 is 27.6. The van der Waals surface area contributed by atoms with Crippen LogP contribution in [0.2, 0.25) is 0 Å². The van der Waals surface area contributed by atoms with Crippen molar-refractivity contribution in [2.75, 3.05) is 11.9 Å². The highest BCUT2D eigenvalue weighted by atomic mass is 32.2. The molecule has 3 rings (SSSR count). The van der Waals surface area contributed by atoms with Crippen LogP contribution in [0.5, 0.6) is 0 Å². The smallest absolute Gasteiger partial charge is 0.273 e. The number of rotatable bonds is 6. The monoisotopic (exact) mass is 431 g/mol. The van der Waals surface area contributed by atoms with Gasteiger partial charge in [0.1, 0.15) is 0 Å². The number of piperidine rings is 1. The number of nitro groups is 1.